The van der Waals surface area contributed by atoms with Crippen molar-refractivity contribution in [3.63, 3.8) is 0 Å². The number of amides is 3. The SMILES string of the molecule is CCCCP(=O)(O)[C@@]1(NC(=O)[C@@H]2C[C@@H](Oc3cc(-c4csc(NC(C)C)n4)nc4cc(OC)ccc34)CN2C(=O)[C@@H](NC(=O)OC2CCCC2)C(C)(C)C)C[C@H]1CC. The van der Waals surface area contributed by atoms with Gasteiger partial charge in [0.25, 0.3) is 0 Å². The van der Waals surface area contributed by atoms with Crippen molar-refractivity contribution in [2.75, 3.05) is 25.1 Å². The third-order valence-electron chi connectivity index (χ3n) is 11.6. The molecule has 3 amide bonds. The first-order chi connectivity index (χ1) is 27.5. The summed E-state index contributed by atoms with van der Waals surface area (Å²) in [5, 5.41) is 11.3. The van der Waals surface area contributed by atoms with Crippen molar-refractivity contribution in [1.29, 1.82) is 0 Å². The zero-order valence-electron chi connectivity index (χ0n) is 35.1. The van der Waals surface area contributed by atoms with Crippen LogP contribution in [0, 0.1) is 11.3 Å². The number of aromatic nitrogens is 2. The van der Waals surface area contributed by atoms with Gasteiger partial charge in [0.1, 0.15) is 46.8 Å². The maximum atomic E-state index is 14.8. The molecular formula is C42H61N6O8PS. The minimum absolute atomic E-state index is 0.0220. The molecule has 16 heteroatoms. The number of nitrogens with zero attached hydrogens (tertiary/aromatic N) is 3. The molecule has 3 aliphatic rings. The predicted molar refractivity (Wildman–Crippen MR) is 227 cm³/mol. The molecule has 1 aliphatic heterocycles. The number of nitrogens with one attached hydrogen (secondary N) is 3. The van der Waals surface area contributed by atoms with Crippen LogP contribution in [0.1, 0.15) is 106 Å². The lowest BCUT2D eigenvalue weighted by molar-refractivity contribution is -0.142. The Bertz CT molecular complexity index is 2010. The number of rotatable bonds is 16. The molecule has 1 saturated heterocycles. The Morgan fingerprint density at radius 3 is 2.47 bits per heavy atom. The van der Waals surface area contributed by atoms with Crippen LogP contribution in [-0.4, -0.2) is 93.1 Å². The summed E-state index contributed by atoms with van der Waals surface area (Å²) in [6.45, 7) is 13.6. The molecule has 6 rings (SSSR count). The summed E-state index contributed by atoms with van der Waals surface area (Å²) in [7, 11) is -2.22. The molecule has 6 atom stereocenters. The van der Waals surface area contributed by atoms with Gasteiger partial charge in [-0.2, -0.15) is 0 Å². The first-order valence-electron chi connectivity index (χ1n) is 20.8. The van der Waals surface area contributed by atoms with Gasteiger partial charge in [-0.3, -0.25) is 14.2 Å². The first kappa shape index (κ1) is 43.6. The molecule has 4 N–H and O–H groups in total. The molecule has 2 aromatic heterocycles. The molecule has 1 aromatic carbocycles. The van der Waals surface area contributed by atoms with Crippen LogP contribution in [0.15, 0.2) is 29.6 Å². The molecule has 0 spiro atoms. The molecule has 58 heavy (non-hydrogen) atoms. The van der Waals surface area contributed by atoms with Crippen LogP contribution < -0.4 is 25.4 Å². The van der Waals surface area contributed by atoms with E-state index in [1.54, 1.807) is 7.11 Å². The standard InChI is InChI=1S/C42H61N6O8PS/c1-9-11-18-57(52,53)42(22-26(42)10-2)47-37(49)34-20-29(23-48(34)38(50)36(41(5,6)7)46-40(51)56-27-14-12-13-15-27)55-35-21-32(33-24-58-39(45-33)43-25(3)4)44-31-19-28(54-8)16-17-30(31)35/h16-17,19,21,24-27,29,34,36H,9-15,18,20,22-23H2,1-8H3,(H,43,45)(H,46,51)(H,47,49)(H,52,53)/t26-,29-,34+,36-,42+/m1/s1. The molecule has 0 bridgehead atoms. The van der Waals surface area contributed by atoms with Gasteiger partial charge in [0.05, 0.1) is 24.9 Å². The number of ether oxygens (including phenoxy) is 3. The van der Waals surface area contributed by atoms with Crippen molar-refractivity contribution in [1.82, 2.24) is 25.5 Å². The Morgan fingerprint density at radius 1 is 1.09 bits per heavy atom. The summed E-state index contributed by atoms with van der Waals surface area (Å²) in [6, 6.07) is 5.43. The lowest BCUT2D eigenvalue weighted by atomic mass is 9.85. The average molecular weight is 841 g/mol. The number of benzene rings is 1. The number of carbonyl (C=O) groups excluding carboxylic acids is 3. The molecule has 3 aromatic rings. The molecule has 0 radical (unpaired) electrons. The summed E-state index contributed by atoms with van der Waals surface area (Å²) in [6.07, 6.45) is 4.51. The lowest BCUT2D eigenvalue weighted by Crippen LogP contribution is -2.58. The van der Waals surface area contributed by atoms with Crippen molar-refractivity contribution in [2.45, 2.75) is 142 Å². The van der Waals surface area contributed by atoms with Gasteiger partial charge in [-0.05, 0) is 75.8 Å². The molecule has 2 saturated carbocycles. The average Bonchev–Trinajstić information content (AvgIpc) is 3.57. The van der Waals surface area contributed by atoms with Crippen LogP contribution in [0.5, 0.6) is 11.5 Å². The highest BCUT2D eigenvalue weighted by Gasteiger charge is 2.65. The van der Waals surface area contributed by atoms with E-state index in [4.69, 9.17) is 24.2 Å². The van der Waals surface area contributed by atoms with E-state index in [-0.39, 0.29) is 37.2 Å². The lowest BCUT2D eigenvalue weighted by Gasteiger charge is -2.36. The Labute approximate surface area is 346 Å². The van der Waals surface area contributed by atoms with Crippen molar-refractivity contribution in [3.8, 4) is 22.9 Å². The number of methoxy groups -OCH3 is 1. The van der Waals surface area contributed by atoms with Gasteiger partial charge < -0.3 is 40.0 Å². The van der Waals surface area contributed by atoms with Crippen LogP contribution >= 0.6 is 18.7 Å². The smallest absolute Gasteiger partial charge is 0.408 e. The van der Waals surface area contributed by atoms with Crippen LogP contribution in [0.25, 0.3) is 22.3 Å². The topological polar surface area (TPSA) is 181 Å². The Morgan fingerprint density at radius 2 is 1.83 bits per heavy atom. The third-order valence-corrected chi connectivity index (χ3v) is 15.2. The Balaban J connectivity index is 1.34. The van der Waals surface area contributed by atoms with Crippen LogP contribution in [-0.2, 0) is 18.9 Å². The second-order valence-corrected chi connectivity index (χ2v) is 21.0. The van der Waals surface area contributed by atoms with Gasteiger partial charge in [-0.1, -0.05) is 47.5 Å². The van der Waals surface area contributed by atoms with Gasteiger partial charge in [0.2, 0.25) is 19.2 Å². The van der Waals surface area contributed by atoms with Crippen molar-refractivity contribution in [2.24, 2.45) is 11.3 Å². The van der Waals surface area contributed by atoms with Gasteiger partial charge in [0, 0.05) is 41.5 Å². The molecule has 1 unspecified atom stereocenters. The number of hydrogen-bond donors (Lipinski definition) is 4. The molecule has 3 heterocycles. The van der Waals surface area contributed by atoms with E-state index in [1.165, 1.54) is 16.2 Å². The number of pyridine rings is 1. The summed E-state index contributed by atoms with van der Waals surface area (Å²) in [4.78, 5) is 65.2. The number of fused-ring (bicyclic) bond motifs is 1. The number of alkyl carbamates (subject to hydrolysis) is 1. The number of likely N-dealkylation sites (tertiary alicyclic amines) is 1. The third kappa shape index (κ3) is 9.57. The highest BCUT2D eigenvalue weighted by Crippen LogP contribution is 2.70. The summed E-state index contributed by atoms with van der Waals surface area (Å²) < 4.78 is 31.9. The summed E-state index contributed by atoms with van der Waals surface area (Å²) in [5.41, 5.74) is 1.09. The van der Waals surface area contributed by atoms with E-state index in [2.05, 4.69) is 16.0 Å². The van der Waals surface area contributed by atoms with E-state index in [0.29, 0.717) is 53.1 Å². The normalized spacial score (nSPS) is 23.7. The van der Waals surface area contributed by atoms with E-state index in [1.807, 2.05) is 78.1 Å². The van der Waals surface area contributed by atoms with E-state index in [0.717, 1.165) is 37.2 Å². The number of carbonyl (C=O) groups is 3. The quantitative estimate of drug-likeness (QED) is 0.103. The number of unbranched alkanes of at least 4 members (excludes halogenated alkanes) is 1. The van der Waals surface area contributed by atoms with Crippen LogP contribution in [0.3, 0.4) is 0 Å². The number of hydrogen-bond acceptors (Lipinski definition) is 11. The fraction of sp³-hybridized carbons (Fsp3) is 0.643. The Hall–Kier alpha value is -3.94. The highest BCUT2D eigenvalue weighted by molar-refractivity contribution is 7.60. The van der Waals surface area contributed by atoms with E-state index >= 15 is 0 Å². The zero-order valence-corrected chi connectivity index (χ0v) is 36.8. The minimum Gasteiger partial charge on any atom is -0.497 e. The number of anilines is 1. The van der Waals surface area contributed by atoms with Crippen molar-refractivity contribution in [3.05, 3.63) is 29.6 Å². The van der Waals surface area contributed by atoms with Gasteiger partial charge >= 0.3 is 6.09 Å². The second-order valence-electron chi connectivity index (χ2n) is 17.5. The van der Waals surface area contributed by atoms with E-state index in [9.17, 15) is 23.8 Å². The molecule has 14 nitrogen and oxygen atoms in total. The molecular weight excluding hydrogens is 780 g/mol. The van der Waals surface area contributed by atoms with Crippen LogP contribution in [0.4, 0.5) is 9.93 Å². The summed E-state index contributed by atoms with van der Waals surface area (Å²) in [5.74, 6) is -0.0293. The largest absolute Gasteiger partial charge is 0.497 e. The monoisotopic (exact) mass is 840 g/mol. The fourth-order valence-corrected chi connectivity index (χ4v) is 11.8. The minimum atomic E-state index is -3.80. The highest BCUT2D eigenvalue weighted by atomic mass is 32.1. The second kappa shape index (κ2) is 17.7. The molecule has 2 aliphatic carbocycles. The zero-order chi connectivity index (χ0) is 42.0. The van der Waals surface area contributed by atoms with Crippen molar-refractivity contribution < 1.29 is 38.1 Å². The molecule has 318 valence electrons. The van der Waals surface area contributed by atoms with Gasteiger partial charge in [0.15, 0.2) is 5.13 Å². The maximum Gasteiger partial charge on any atom is 0.408 e. The summed E-state index contributed by atoms with van der Waals surface area (Å²) >= 11 is 1.47. The number of thiazole rings is 1. The van der Waals surface area contributed by atoms with E-state index < -0.39 is 54.2 Å². The van der Waals surface area contributed by atoms with Gasteiger partial charge in [-0.15, -0.1) is 11.3 Å². The maximum absolute atomic E-state index is 14.8. The molecule has 3 fully saturated rings. The van der Waals surface area contributed by atoms with Crippen LogP contribution in [0.2, 0.25) is 0 Å². The fourth-order valence-electron chi connectivity index (χ4n) is 8.25. The van der Waals surface area contributed by atoms with Gasteiger partial charge in [-0.25, -0.2) is 14.8 Å². The first-order valence-corrected chi connectivity index (χ1v) is 23.5. The van der Waals surface area contributed by atoms with Crippen molar-refractivity contribution >= 4 is 52.6 Å². The Kier molecular flexibility index (Phi) is 13.3. The predicted octanol–water partition coefficient (Wildman–Crippen LogP) is 7.93.